The van der Waals surface area contributed by atoms with Gasteiger partial charge in [0.1, 0.15) is 0 Å². The molecule has 0 fully saturated rings. The zero-order chi connectivity index (χ0) is 20.2. The Morgan fingerprint density at radius 1 is 0.692 bits per heavy atom. The Kier molecular flexibility index (Phi) is 20.4. The fourth-order valence-electron chi connectivity index (χ4n) is 2.29. The Labute approximate surface area is 159 Å². The number of rotatable bonds is 12. The van der Waals surface area contributed by atoms with Crippen molar-refractivity contribution in [3.63, 3.8) is 0 Å². The van der Waals surface area contributed by atoms with E-state index >= 15 is 0 Å². The van der Waals surface area contributed by atoms with Crippen molar-refractivity contribution in [1.29, 1.82) is 0 Å². The van der Waals surface area contributed by atoms with Gasteiger partial charge in [-0.1, -0.05) is 66.2 Å². The molecule has 0 amide bonds. The van der Waals surface area contributed by atoms with Crippen LogP contribution in [0.15, 0.2) is 0 Å². The van der Waals surface area contributed by atoms with Crippen LogP contribution in [0.5, 0.6) is 0 Å². The van der Waals surface area contributed by atoms with Gasteiger partial charge in [0.25, 0.3) is 0 Å². The van der Waals surface area contributed by atoms with Crippen molar-refractivity contribution >= 4 is 12.3 Å². The van der Waals surface area contributed by atoms with Gasteiger partial charge in [0.05, 0.1) is 27.4 Å². The predicted molar refractivity (Wildman–Crippen MR) is 103 cm³/mol. The maximum absolute atomic E-state index is 10.7. The lowest BCUT2D eigenvalue weighted by molar-refractivity contribution is 0.0571. The number of methoxy groups -OCH3 is 2. The smallest absolute Gasteiger partial charge is 0.438 e. The SMILES string of the molecule is CCCCC(CC)COC(=O)OC.CCCCC(CC)COC(=O)OC. The lowest BCUT2D eigenvalue weighted by Crippen LogP contribution is -2.13. The third kappa shape index (κ3) is 17.4. The lowest BCUT2D eigenvalue weighted by Gasteiger charge is -2.13. The Hall–Kier alpha value is -1.46. The second kappa shape index (κ2) is 19.9. The van der Waals surface area contributed by atoms with E-state index in [0.717, 1.165) is 25.7 Å². The number of carbonyl (C=O) groups is 2. The molecule has 0 aliphatic rings. The van der Waals surface area contributed by atoms with Crippen LogP contribution < -0.4 is 0 Å². The molecule has 0 bridgehead atoms. The number of ether oxygens (including phenoxy) is 4. The molecule has 0 saturated carbocycles. The first-order valence-electron chi connectivity index (χ1n) is 9.90. The molecule has 0 radical (unpaired) electrons. The van der Waals surface area contributed by atoms with Crippen LogP contribution in [0.2, 0.25) is 0 Å². The van der Waals surface area contributed by atoms with Gasteiger partial charge in [-0.2, -0.15) is 0 Å². The van der Waals surface area contributed by atoms with E-state index < -0.39 is 12.3 Å². The van der Waals surface area contributed by atoms with Crippen LogP contribution in [0, 0.1) is 11.8 Å². The second-order valence-electron chi connectivity index (χ2n) is 6.36. The summed E-state index contributed by atoms with van der Waals surface area (Å²) in [7, 11) is 2.66. The Bertz CT molecular complexity index is 300. The molecule has 0 heterocycles. The van der Waals surface area contributed by atoms with Crippen molar-refractivity contribution in [2.45, 2.75) is 79.1 Å². The minimum atomic E-state index is -0.574. The van der Waals surface area contributed by atoms with E-state index in [4.69, 9.17) is 9.47 Å². The Morgan fingerprint density at radius 2 is 1.04 bits per heavy atom. The van der Waals surface area contributed by atoms with Gasteiger partial charge in [-0.05, 0) is 24.7 Å². The minimum Gasteiger partial charge on any atom is -0.438 e. The summed E-state index contributed by atoms with van der Waals surface area (Å²) in [6.07, 6.45) is 7.99. The third-order valence-electron chi connectivity index (χ3n) is 4.29. The highest BCUT2D eigenvalue weighted by Crippen LogP contribution is 2.13. The van der Waals surface area contributed by atoms with Crippen LogP contribution in [0.3, 0.4) is 0 Å². The summed E-state index contributed by atoms with van der Waals surface area (Å²) in [4.78, 5) is 21.3. The van der Waals surface area contributed by atoms with Crippen molar-refractivity contribution in [1.82, 2.24) is 0 Å². The van der Waals surface area contributed by atoms with Crippen LogP contribution >= 0.6 is 0 Å². The third-order valence-corrected chi connectivity index (χ3v) is 4.29. The van der Waals surface area contributed by atoms with Gasteiger partial charge in [-0.15, -0.1) is 0 Å². The van der Waals surface area contributed by atoms with Gasteiger partial charge in [-0.25, -0.2) is 9.59 Å². The summed E-state index contributed by atoms with van der Waals surface area (Å²) in [6, 6.07) is 0. The molecule has 0 N–H and O–H groups in total. The standard InChI is InChI=1S/2C10H20O3/c2*1-4-6-7-9(5-2)8-13-10(11)12-3/h2*9H,4-8H2,1-3H3. The molecule has 156 valence electrons. The molecular formula is C20H40O6. The number of hydrogen-bond acceptors (Lipinski definition) is 6. The Morgan fingerprint density at radius 3 is 1.27 bits per heavy atom. The normalized spacial score (nSPS) is 12.2. The van der Waals surface area contributed by atoms with E-state index in [1.807, 2.05) is 0 Å². The summed E-state index contributed by atoms with van der Waals surface area (Å²) in [5.41, 5.74) is 0. The lowest BCUT2D eigenvalue weighted by atomic mass is 10.0. The molecule has 0 aliphatic heterocycles. The molecule has 6 heteroatoms. The number of hydrogen-bond donors (Lipinski definition) is 0. The zero-order valence-corrected chi connectivity index (χ0v) is 17.7. The Balaban J connectivity index is 0. The van der Waals surface area contributed by atoms with Gasteiger partial charge >= 0.3 is 12.3 Å². The van der Waals surface area contributed by atoms with Crippen molar-refractivity contribution in [3.05, 3.63) is 0 Å². The molecule has 0 aliphatic carbocycles. The van der Waals surface area contributed by atoms with Gasteiger partial charge in [0.2, 0.25) is 0 Å². The molecule has 0 aromatic rings. The summed E-state index contributed by atoms with van der Waals surface area (Å²) < 4.78 is 18.5. The van der Waals surface area contributed by atoms with E-state index in [0.29, 0.717) is 25.0 Å². The van der Waals surface area contributed by atoms with E-state index in [1.165, 1.54) is 39.9 Å². The van der Waals surface area contributed by atoms with Crippen molar-refractivity contribution in [2.75, 3.05) is 27.4 Å². The molecular weight excluding hydrogens is 336 g/mol. The average Bonchev–Trinajstić information content (AvgIpc) is 2.68. The first-order chi connectivity index (χ1) is 12.5. The highest BCUT2D eigenvalue weighted by molar-refractivity contribution is 5.59. The molecule has 2 unspecified atom stereocenters. The van der Waals surface area contributed by atoms with Crippen molar-refractivity contribution in [3.8, 4) is 0 Å². The molecule has 0 spiro atoms. The molecule has 0 aromatic heterocycles. The van der Waals surface area contributed by atoms with Crippen LogP contribution in [0.25, 0.3) is 0 Å². The monoisotopic (exact) mass is 376 g/mol. The maximum atomic E-state index is 10.7. The van der Waals surface area contributed by atoms with E-state index in [-0.39, 0.29) is 0 Å². The van der Waals surface area contributed by atoms with Gasteiger partial charge in [0.15, 0.2) is 0 Å². The molecule has 2 atom stereocenters. The van der Waals surface area contributed by atoms with E-state index in [9.17, 15) is 9.59 Å². The van der Waals surface area contributed by atoms with Crippen LogP contribution in [-0.2, 0) is 18.9 Å². The summed E-state index contributed by atoms with van der Waals surface area (Å²) in [6.45, 7) is 9.52. The summed E-state index contributed by atoms with van der Waals surface area (Å²) in [5, 5.41) is 0. The van der Waals surface area contributed by atoms with Crippen LogP contribution in [0.1, 0.15) is 79.1 Å². The van der Waals surface area contributed by atoms with Crippen LogP contribution in [-0.4, -0.2) is 39.7 Å². The molecule has 0 aromatic carbocycles. The van der Waals surface area contributed by atoms with Crippen molar-refractivity contribution < 1.29 is 28.5 Å². The quantitative estimate of drug-likeness (QED) is 0.391. The fraction of sp³-hybridized carbons (Fsp3) is 0.900. The van der Waals surface area contributed by atoms with Gasteiger partial charge in [0, 0.05) is 0 Å². The maximum Gasteiger partial charge on any atom is 0.507 e. The van der Waals surface area contributed by atoms with Gasteiger partial charge in [-0.3, -0.25) is 0 Å². The topological polar surface area (TPSA) is 71.1 Å². The average molecular weight is 377 g/mol. The minimum absolute atomic E-state index is 0.485. The highest BCUT2D eigenvalue weighted by atomic mass is 16.7. The largest absolute Gasteiger partial charge is 0.507 e. The molecule has 0 rings (SSSR count). The van der Waals surface area contributed by atoms with Gasteiger partial charge < -0.3 is 18.9 Å². The predicted octanol–water partition coefficient (Wildman–Crippen LogP) is 5.97. The first-order valence-corrected chi connectivity index (χ1v) is 9.90. The second-order valence-corrected chi connectivity index (χ2v) is 6.36. The fourth-order valence-corrected chi connectivity index (χ4v) is 2.29. The van der Waals surface area contributed by atoms with Crippen LogP contribution in [0.4, 0.5) is 9.59 Å². The molecule has 6 nitrogen and oxygen atoms in total. The highest BCUT2D eigenvalue weighted by Gasteiger charge is 2.10. The van der Waals surface area contributed by atoms with E-state index in [2.05, 4.69) is 37.2 Å². The first kappa shape index (κ1) is 26.8. The molecule has 26 heavy (non-hydrogen) atoms. The zero-order valence-electron chi connectivity index (χ0n) is 17.7. The number of unbranched alkanes of at least 4 members (excludes halogenated alkanes) is 2. The van der Waals surface area contributed by atoms with E-state index in [1.54, 1.807) is 0 Å². The number of carbonyl (C=O) groups excluding carboxylic acids is 2. The molecule has 0 saturated heterocycles. The summed E-state index contributed by atoms with van der Waals surface area (Å²) in [5.74, 6) is 0.970. The van der Waals surface area contributed by atoms with Crippen molar-refractivity contribution in [2.24, 2.45) is 11.8 Å². The summed E-state index contributed by atoms with van der Waals surface area (Å²) >= 11 is 0.